The molecule has 0 saturated carbocycles. The number of hydrogen-bond donors (Lipinski definition) is 2. The van der Waals surface area contributed by atoms with Gasteiger partial charge in [-0.1, -0.05) is 27.2 Å². The van der Waals surface area contributed by atoms with Crippen LogP contribution < -0.4 is 10.6 Å². The number of nitrogens with one attached hydrogen (secondary N) is 2. The van der Waals surface area contributed by atoms with Crippen molar-refractivity contribution < 1.29 is 26.3 Å². The highest BCUT2D eigenvalue weighted by atomic mass is 19.4. The van der Waals surface area contributed by atoms with Gasteiger partial charge in [-0.25, -0.2) is 0 Å². The molecule has 35 heavy (non-hydrogen) atoms. The maximum Gasteiger partial charge on any atom is 0.417 e. The van der Waals surface area contributed by atoms with Crippen molar-refractivity contribution in [2.24, 2.45) is 5.92 Å². The van der Waals surface area contributed by atoms with Crippen LogP contribution in [0, 0.1) is 28.6 Å². The summed E-state index contributed by atoms with van der Waals surface area (Å²) in [5.41, 5.74) is -1.72. The highest BCUT2D eigenvalue weighted by Crippen LogP contribution is 2.34. The third kappa shape index (κ3) is 9.40. The summed E-state index contributed by atoms with van der Waals surface area (Å²) in [7, 11) is 0. The minimum Gasteiger partial charge on any atom is -0.385 e. The van der Waals surface area contributed by atoms with E-state index in [1.807, 2.05) is 27.7 Å². The number of alkyl halides is 6. The number of halogens is 6. The molecule has 190 valence electrons. The van der Waals surface area contributed by atoms with Gasteiger partial charge in [0.05, 0.1) is 34.4 Å². The maximum atomic E-state index is 12.7. The van der Waals surface area contributed by atoms with E-state index in [4.69, 9.17) is 10.5 Å². The zero-order valence-electron chi connectivity index (χ0n) is 19.9. The van der Waals surface area contributed by atoms with Crippen molar-refractivity contribution in [2.45, 2.75) is 58.9 Å². The van der Waals surface area contributed by atoms with Crippen molar-refractivity contribution in [2.75, 3.05) is 17.2 Å². The molecule has 0 aliphatic carbocycles. The normalized spacial score (nSPS) is 12.9. The van der Waals surface area contributed by atoms with Crippen molar-refractivity contribution in [1.82, 2.24) is 0 Å². The van der Waals surface area contributed by atoms with Crippen LogP contribution >= 0.6 is 0 Å². The summed E-state index contributed by atoms with van der Waals surface area (Å²) in [6.07, 6.45) is -7.24. The van der Waals surface area contributed by atoms with Gasteiger partial charge in [0.1, 0.15) is 0 Å². The third-order valence-corrected chi connectivity index (χ3v) is 5.27. The fraction of sp³-hybridized carbons (Fsp3) is 0.440. The Bertz CT molecular complexity index is 1050. The predicted octanol–water partition coefficient (Wildman–Crippen LogP) is 7.82. The standard InChI is InChI=1S/C13H15F3N2.C12H13F3N2/c1-3-9(2)8-18-11-5-4-10(7-17)12(6-11)13(14,15)16;1-3-8(2)17-10-5-4-9(7-16)11(6-10)12(13,14)15/h4-6,9,18H,3,8H2,1-2H3;4-6,8,17H,3H2,1-2H3/t9-;8-/m11/s1. The van der Waals surface area contributed by atoms with Crippen molar-refractivity contribution in [3.8, 4) is 12.1 Å². The zero-order valence-corrected chi connectivity index (χ0v) is 19.9. The first kappa shape index (κ1) is 29.6. The van der Waals surface area contributed by atoms with E-state index in [1.54, 1.807) is 12.1 Å². The Labute approximate surface area is 201 Å². The topological polar surface area (TPSA) is 71.6 Å². The molecule has 0 aliphatic heterocycles. The monoisotopic (exact) mass is 498 g/mol. The number of nitrogens with zero attached hydrogens (tertiary/aromatic N) is 2. The van der Waals surface area contributed by atoms with E-state index in [2.05, 4.69) is 10.6 Å². The number of nitriles is 2. The van der Waals surface area contributed by atoms with E-state index in [-0.39, 0.29) is 17.2 Å². The summed E-state index contributed by atoms with van der Waals surface area (Å²) >= 11 is 0. The number of benzene rings is 2. The van der Waals surface area contributed by atoms with Crippen LogP contribution in [0.25, 0.3) is 0 Å². The van der Waals surface area contributed by atoms with Crippen molar-refractivity contribution in [3.05, 3.63) is 58.7 Å². The number of hydrogen-bond acceptors (Lipinski definition) is 4. The fourth-order valence-corrected chi connectivity index (χ4v) is 2.78. The summed E-state index contributed by atoms with van der Waals surface area (Å²) in [4.78, 5) is 0. The van der Waals surface area contributed by atoms with E-state index in [0.717, 1.165) is 25.0 Å². The average molecular weight is 499 g/mol. The molecule has 2 rings (SSSR count). The molecule has 0 bridgehead atoms. The van der Waals surface area contributed by atoms with E-state index < -0.39 is 23.5 Å². The molecule has 2 aromatic carbocycles. The largest absolute Gasteiger partial charge is 0.417 e. The molecule has 2 N–H and O–H groups in total. The molecule has 0 unspecified atom stereocenters. The highest BCUT2D eigenvalue weighted by molar-refractivity contribution is 5.54. The lowest BCUT2D eigenvalue weighted by Gasteiger charge is -2.15. The summed E-state index contributed by atoms with van der Waals surface area (Å²) in [5.74, 6) is 0.384. The van der Waals surface area contributed by atoms with Crippen molar-refractivity contribution >= 4 is 11.4 Å². The maximum absolute atomic E-state index is 12.7. The highest BCUT2D eigenvalue weighted by Gasteiger charge is 2.34. The molecule has 0 heterocycles. The third-order valence-electron chi connectivity index (χ3n) is 5.27. The molecule has 2 atom stereocenters. The summed E-state index contributed by atoms with van der Waals surface area (Å²) in [6.45, 7) is 8.46. The van der Waals surface area contributed by atoms with Gasteiger partial charge in [0.25, 0.3) is 0 Å². The quantitative estimate of drug-likeness (QED) is 0.382. The molecule has 0 spiro atoms. The van der Waals surface area contributed by atoms with Crippen LogP contribution in [-0.2, 0) is 12.4 Å². The molecule has 0 aromatic heterocycles. The Hall–Kier alpha value is -3.40. The lowest BCUT2D eigenvalue weighted by atomic mass is 10.1. The van der Waals surface area contributed by atoms with Crippen molar-refractivity contribution in [3.63, 3.8) is 0 Å². The van der Waals surface area contributed by atoms with Crippen LogP contribution in [0.1, 0.15) is 62.8 Å². The first-order chi connectivity index (χ1) is 16.3. The minimum atomic E-state index is -4.50. The predicted molar refractivity (Wildman–Crippen MR) is 124 cm³/mol. The smallest absolute Gasteiger partial charge is 0.385 e. The summed E-state index contributed by atoms with van der Waals surface area (Å²) in [6, 6.07) is 10.5. The van der Waals surface area contributed by atoms with E-state index >= 15 is 0 Å². The van der Waals surface area contributed by atoms with Crippen LogP contribution in [0.15, 0.2) is 36.4 Å². The second kappa shape index (κ2) is 12.9. The molecule has 10 heteroatoms. The Balaban J connectivity index is 0.000000351. The van der Waals surface area contributed by atoms with Gasteiger partial charge in [0, 0.05) is 24.0 Å². The first-order valence-electron chi connectivity index (χ1n) is 11.0. The van der Waals surface area contributed by atoms with Gasteiger partial charge in [-0.15, -0.1) is 0 Å². The Morgan fingerprint density at radius 3 is 1.63 bits per heavy atom. The molecular weight excluding hydrogens is 470 g/mol. The Kier molecular flexibility index (Phi) is 10.9. The molecule has 0 aliphatic rings. The Morgan fingerprint density at radius 1 is 0.771 bits per heavy atom. The van der Waals surface area contributed by atoms with Gasteiger partial charge in [-0.2, -0.15) is 36.9 Å². The van der Waals surface area contributed by atoms with E-state index in [1.165, 1.54) is 24.3 Å². The molecular formula is C25H28F6N4. The zero-order chi connectivity index (χ0) is 26.8. The molecule has 0 fully saturated rings. The second-order valence-corrected chi connectivity index (χ2v) is 8.09. The van der Waals surface area contributed by atoms with Gasteiger partial charge in [-0.05, 0) is 55.7 Å². The van der Waals surface area contributed by atoms with E-state index in [9.17, 15) is 26.3 Å². The van der Waals surface area contributed by atoms with E-state index in [0.29, 0.717) is 23.8 Å². The SMILES string of the molecule is CC[C@@H](C)CNc1ccc(C#N)c(C(F)(F)F)c1.CC[C@@H](C)Nc1ccc(C#N)c(C(F)(F)F)c1. The molecule has 0 saturated heterocycles. The van der Waals surface area contributed by atoms with Crippen LogP contribution in [0.3, 0.4) is 0 Å². The fourth-order valence-electron chi connectivity index (χ4n) is 2.78. The first-order valence-corrected chi connectivity index (χ1v) is 11.0. The lowest BCUT2D eigenvalue weighted by molar-refractivity contribution is -0.138. The van der Waals surface area contributed by atoms with Gasteiger partial charge in [0.15, 0.2) is 0 Å². The van der Waals surface area contributed by atoms with Gasteiger partial charge < -0.3 is 10.6 Å². The van der Waals surface area contributed by atoms with Gasteiger partial charge >= 0.3 is 12.4 Å². The molecule has 4 nitrogen and oxygen atoms in total. The van der Waals surface area contributed by atoms with Crippen LogP contribution in [0.5, 0.6) is 0 Å². The molecule has 0 amide bonds. The average Bonchev–Trinajstić information content (AvgIpc) is 2.81. The van der Waals surface area contributed by atoms with Crippen molar-refractivity contribution in [1.29, 1.82) is 10.5 Å². The minimum absolute atomic E-state index is 0.0871. The number of rotatable bonds is 7. The van der Waals surface area contributed by atoms with Gasteiger partial charge in [-0.3, -0.25) is 0 Å². The van der Waals surface area contributed by atoms with Gasteiger partial charge in [0.2, 0.25) is 0 Å². The molecule has 2 aromatic rings. The van der Waals surface area contributed by atoms with Crippen LogP contribution in [0.2, 0.25) is 0 Å². The second-order valence-electron chi connectivity index (χ2n) is 8.09. The summed E-state index contributed by atoms with van der Waals surface area (Å²) < 4.78 is 76.1. The lowest BCUT2D eigenvalue weighted by Crippen LogP contribution is -2.15. The molecule has 0 radical (unpaired) electrons. The number of anilines is 2. The Morgan fingerprint density at radius 2 is 1.23 bits per heavy atom. The van der Waals surface area contributed by atoms with Crippen LogP contribution in [0.4, 0.5) is 37.7 Å². The van der Waals surface area contributed by atoms with Crippen LogP contribution in [-0.4, -0.2) is 12.6 Å². The summed E-state index contributed by atoms with van der Waals surface area (Å²) in [5, 5.41) is 23.2.